The fraction of sp³-hybridized carbons (Fsp3) is 0.923. The van der Waals surface area contributed by atoms with E-state index in [1.807, 2.05) is 6.92 Å². The molecule has 0 aromatic rings. The van der Waals surface area contributed by atoms with E-state index >= 15 is 0 Å². The first-order chi connectivity index (χ1) is 9.77. The Bertz CT molecular complexity index is 215. The van der Waals surface area contributed by atoms with Crippen LogP contribution >= 0.6 is 0 Å². The van der Waals surface area contributed by atoms with Gasteiger partial charge in [-0.25, -0.2) is 0 Å². The summed E-state index contributed by atoms with van der Waals surface area (Å²) in [7, 11) is 0. The van der Waals surface area contributed by atoms with Gasteiger partial charge in [0.2, 0.25) is 5.91 Å². The molecule has 0 spiro atoms. The van der Waals surface area contributed by atoms with Crippen LogP contribution in [0.4, 0.5) is 0 Å². The van der Waals surface area contributed by atoms with E-state index in [0.717, 1.165) is 0 Å². The van der Waals surface area contributed by atoms with Crippen LogP contribution in [0.2, 0.25) is 0 Å². The molecule has 1 amide bonds. The Morgan fingerprint density at radius 3 is 1.40 bits per heavy atom. The zero-order valence-electron chi connectivity index (χ0n) is 12.3. The molecule has 0 aromatic heterocycles. The van der Waals surface area contributed by atoms with Crippen LogP contribution < -0.4 is 5.73 Å². The van der Waals surface area contributed by atoms with Crippen LogP contribution in [0.1, 0.15) is 13.3 Å². The zero-order chi connectivity index (χ0) is 14.9. The van der Waals surface area contributed by atoms with E-state index in [1.165, 1.54) is 0 Å². The topological polar surface area (TPSA) is 89.2 Å². The van der Waals surface area contributed by atoms with Crippen LogP contribution in [0.5, 0.6) is 0 Å². The number of ether oxygens (including phenoxy) is 5. The minimum Gasteiger partial charge on any atom is -0.379 e. The number of carbonyl (C=O) groups excluding carboxylic acids is 1. The summed E-state index contributed by atoms with van der Waals surface area (Å²) in [4.78, 5) is 10.4. The molecular weight excluding hydrogens is 266 g/mol. The molecule has 7 nitrogen and oxygen atoms in total. The second kappa shape index (κ2) is 16.3. The van der Waals surface area contributed by atoms with E-state index in [0.29, 0.717) is 66.1 Å². The molecule has 0 heterocycles. The highest BCUT2D eigenvalue weighted by Crippen LogP contribution is 1.85. The van der Waals surface area contributed by atoms with Gasteiger partial charge in [-0.3, -0.25) is 4.79 Å². The molecule has 0 saturated heterocycles. The van der Waals surface area contributed by atoms with Gasteiger partial charge in [0, 0.05) is 13.0 Å². The van der Waals surface area contributed by atoms with Gasteiger partial charge in [-0.1, -0.05) is 0 Å². The molecule has 0 rings (SSSR count). The molecule has 0 radical (unpaired) electrons. The van der Waals surface area contributed by atoms with E-state index in [1.54, 1.807) is 0 Å². The van der Waals surface area contributed by atoms with Crippen molar-refractivity contribution in [1.82, 2.24) is 0 Å². The summed E-state index contributed by atoms with van der Waals surface area (Å²) < 4.78 is 26.1. The fourth-order valence-electron chi connectivity index (χ4n) is 1.20. The SMILES string of the molecule is CCOCCOCCOCCOCCOCCC(N)=O. The molecule has 120 valence electrons. The average molecular weight is 293 g/mol. The molecule has 0 saturated carbocycles. The van der Waals surface area contributed by atoms with Gasteiger partial charge in [0.1, 0.15) is 0 Å². The van der Waals surface area contributed by atoms with Crippen LogP contribution in [0.25, 0.3) is 0 Å². The van der Waals surface area contributed by atoms with E-state index in [4.69, 9.17) is 29.4 Å². The molecule has 0 fully saturated rings. The first-order valence-electron chi connectivity index (χ1n) is 6.94. The molecule has 0 unspecified atom stereocenters. The summed E-state index contributed by atoms with van der Waals surface area (Å²) in [5.41, 5.74) is 4.96. The minimum atomic E-state index is -0.359. The van der Waals surface area contributed by atoms with Crippen molar-refractivity contribution in [1.29, 1.82) is 0 Å². The van der Waals surface area contributed by atoms with Gasteiger partial charge in [-0.05, 0) is 6.92 Å². The van der Waals surface area contributed by atoms with Gasteiger partial charge in [-0.2, -0.15) is 0 Å². The zero-order valence-corrected chi connectivity index (χ0v) is 12.3. The van der Waals surface area contributed by atoms with Crippen molar-refractivity contribution < 1.29 is 28.5 Å². The lowest BCUT2D eigenvalue weighted by atomic mass is 10.4. The number of rotatable bonds is 16. The Morgan fingerprint density at radius 2 is 1.05 bits per heavy atom. The van der Waals surface area contributed by atoms with Gasteiger partial charge in [0.15, 0.2) is 0 Å². The second-order valence-corrected chi connectivity index (χ2v) is 3.86. The molecule has 0 atom stereocenters. The molecule has 0 bridgehead atoms. The monoisotopic (exact) mass is 293 g/mol. The van der Waals surface area contributed by atoms with E-state index < -0.39 is 0 Å². The van der Waals surface area contributed by atoms with Gasteiger partial charge >= 0.3 is 0 Å². The fourth-order valence-corrected chi connectivity index (χ4v) is 1.20. The average Bonchev–Trinajstić information content (AvgIpc) is 2.43. The number of hydrogen-bond donors (Lipinski definition) is 1. The van der Waals surface area contributed by atoms with Gasteiger partial charge in [0.25, 0.3) is 0 Å². The van der Waals surface area contributed by atoms with E-state index in [-0.39, 0.29) is 12.3 Å². The highest BCUT2D eigenvalue weighted by Gasteiger charge is 1.95. The predicted octanol–water partition coefficient (Wildman–Crippen LogP) is -0.0353. The molecule has 0 aliphatic carbocycles. The molecule has 20 heavy (non-hydrogen) atoms. The molecule has 0 aliphatic rings. The molecule has 0 aliphatic heterocycles. The Labute approximate surface area is 120 Å². The lowest BCUT2D eigenvalue weighted by molar-refractivity contribution is -0.119. The van der Waals surface area contributed by atoms with Gasteiger partial charge in [-0.15, -0.1) is 0 Å². The van der Waals surface area contributed by atoms with E-state index in [9.17, 15) is 4.79 Å². The van der Waals surface area contributed by atoms with Crippen molar-refractivity contribution in [3.63, 3.8) is 0 Å². The van der Waals surface area contributed by atoms with Crippen molar-refractivity contribution in [2.45, 2.75) is 13.3 Å². The minimum absolute atomic E-state index is 0.242. The summed E-state index contributed by atoms with van der Waals surface area (Å²) >= 11 is 0. The first kappa shape index (κ1) is 19.3. The van der Waals surface area contributed by atoms with Gasteiger partial charge in [0.05, 0.1) is 59.5 Å². The number of amides is 1. The number of nitrogens with two attached hydrogens (primary N) is 1. The van der Waals surface area contributed by atoms with Crippen LogP contribution in [0, 0.1) is 0 Å². The van der Waals surface area contributed by atoms with Crippen LogP contribution in [-0.2, 0) is 28.5 Å². The summed E-state index contributed by atoms with van der Waals surface area (Å²) in [6.07, 6.45) is 0.242. The molecule has 2 N–H and O–H groups in total. The standard InChI is InChI=1S/C13H27NO6/c1-2-16-5-6-18-9-10-20-12-11-19-8-7-17-4-3-13(14)15/h2-12H2,1H3,(H2,14,15). The number of hydrogen-bond acceptors (Lipinski definition) is 6. The predicted molar refractivity (Wildman–Crippen MR) is 73.6 cm³/mol. The smallest absolute Gasteiger partial charge is 0.219 e. The highest BCUT2D eigenvalue weighted by atomic mass is 16.6. The van der Waals surface area contributed by atoms with Crippen molar-refractivity contribution in [2.75, 3.05) is 66.1 Å². The largest absolute Gasteiger partial charge is 0.379 e. The van der Waals surface area contributed by atoms with E-state index in [2.05, 4.69) is 0 Å². The summed E-state index contributed by atoms with van der Waals surface area (Å²) in [6, 6.07) is 0. The summed E-state index contributed by atoms with van der Waals surface area (Å²) in [6.45, 7) is 7.29. The first-order valence-corrected chi connectivity index (χ1v) is 6.94. The second-order valence-electron chi connectivity index (χ2n) is 3.86. The molecule has 0 aromatic carbocycles. The van der Waals surface area contributed by atoms with Crippen LogP contribution in [0.15, 0.2) is 0 Å². The Hall–Kier alpha value is -0.730. The maximum Gasteiger partial charge on any atom is 0.219 e. The molecule has 7 heteroatoms. The Balaban J connectivity index is 2.94. The summed E-state index contributed by atoms with van der Waals surface area (Å²) in [5.74, 6) is -0.359. The highest BCUT2D eigenvalue weighted by molar-refractivity contribution is 5.73. The third-order valence-electron chi connectivity index (χ3n) is 2.18. The summed E-state index contributed by atoms with van der Waals surface area (Å²) in [5, 5.41) is 0. The van der Waals surface area contributed by atoms with Crippen molar-refractivity contribution in [3.8, 4) is 0 Å². The lowest BCUT2D eigenvalue weighted by Gasteiger charge is -2.07. The quantitative estimate of drug-likeness (QED) is 0.402. The normalized spacial score (nSPS) is 10.8. The number of primary amides is 1. The Morgan fingerprint density at radius 1 is 0.700 bits per heavy atom. The lowest BCUT2D eigenvalue weighted by Crippen LogP contribution is -2.15. The van der Waals surface area contributed by atoms with Crippen molar-refractivity contribution >= 4 is 5.91 Å². The van der Waals surface area contributed by atoms with Crippen LogP contribution in [0.3, 0.4) is 0 Å². The van der Waals surface area contributed by atoms with Crippen LogP contribution in [-0.4, -0.2) is 72.0 Å². The third-order valence-corrected chi connectivity index (χ3v) is 2.18. The molecular formula is C13H27NO6. The maximum atomic E-state index is 10.4. The number of carbonyl (C=O) groups is 1. The third kappa shape index (κ3) is 17.3. The van der Waals surface area contributed by atoms with Crippen molar-refractivity contribution in [3.05, 3.63) is 0 Å². The van der Waals surface area contributed by atoms with Crippen molar-refractivity contribution in [2.24, 2.45) is 5.73 Å². The Kier molecular flexibility index (Phi) is 15.7. The maximum absolute atomic E-state index is 10.4. The van der Waals surface area contributed by atoms with Gasteiger partial charge < -0.3 is 29.4 Å².